The van der Waals surface area contributed by atoms with Gasteiger partial charge in [0, 0.05) is 11.6 Å². The molecule has 32 heavy (non-hydrogen) atoms. The summed E-state index contributed by atoms with van der Waals surface area (Å²) >= 11 is 0. The summed E-state index contributed by atoms with van der Waals surface area (Å²) in [6.45, 7) is 6.02. The lowest BCUT2D eigenvalue weighted by Gasteiger charge is -2.06. The van der Waals surface area contributed by atoms with Crippen LogP contribution in [0.5, 0.6) is 5.75 Å². The molecule has 1 unspecified atom stereocenters. The van der Waals surface area contributed by atoms with E-state index in [0.717, 1.165) is 22.6 Å². The Morgan fingerprint density at radius 3 is 2.72 bits per heavy atom. The zero-order valence-corrected chi connectivity index (χ0v) is 19.3. The van der Waals surface area contributed by atoms with E-state index >= 15 is 0 Å². The highest BCUT2D eigenvalue weighted by Crippen LogP contribution is 2.21. The molecule has 0 amide bonds. The molecule has 0 bridgehead atoms. The van der Waals surface area contributed by atoms with Crippen LogP contribution in [0.2, 0.25) is 0 Å². The van der Waals surface area contributed by atoms with Crippen LogP contribution < -0.4 is 4.74 Å². The third kappa shape index (κ3) is 7.38. The van der Waals surface area contributed by atoms with Crippen LogP contribution in [0, 0.1) is 35.4 Å². The van der Waals surface area contributed by atoms with Gasteiger partial charge in [-0.2, -0.15) is 5.26 Å². The lowest BCUT2D eigenvalue weighted by atomic mass is 10.0. The smallest absolute Gasteiger partial charge is 0.128 e. The van der Waals surface area contributed by atoms with Gasteiger partial charge in [0.2, 0.25) is 0 Å². The second-order valence-electron chi connectivity index (χ2n) is 8.00. The minimum atomic E-state index is -0.429. The van der Waals surface area contributed by atoms with Gasteiger partial charge in [0.1, 0.15) is 11.6 Å². The summed E-state index contributed by atoms with van der Waals surface area (Å²) in [4.78, 5) is 0. The van der Waals surface area contributed by atoms with Crippen molar-refractivity contribution in [3.63, 3.8) is 0 Å². The number of allylic oxidation sites excluding steroid dienone is 3. The fraction of sp³-hybridized carbons (Fsp3) is 0.321. The zero-order valence-electron chi connectivity index (χ0n) is 19.3. The quantitative estimate of drug-likeness (QED) is 0.312. The van der Waals surface area contributed by atoms with Crippen LogP contribution in [0.4, 0.5) is 4.39 Å². The molecule has 3 nitrogen and oxygen atoms in total. The van der Waals surface area contributed by atoms with Crippen molar-refractivity contribution in [1.29, 1.82) is 10.7 Å². The summed E-state index contributed by atoms with van der Waals surface area (Å²) in [5.41, 5.74) is 6.63. The molecule has 0 heterocycles. The highest BCUT2D eigenvalue weighted by Gasteiger charge is 2.08. The van der Waals surface area contributed by atoms with Gasteiger partial charge >= 0.3 is 0 Å². The molecule has 1 aliphatic carbocycles. The van der Waals surface area contributed by atoms with Gasteiger partial charge in [-0.3, -0.25) is 5.41 Å². The fourth-order valence-electron chi connectivity index (χ4n) is 3.36. The van der Waals surface area contributed by atoms with Crippen LogP contribution in [0.1, 0.15) is 61.8 Å². The van der Waals surface area contributed by atoms with Crippen molar-refractivity contribution in [2.45, 2.75) is 46.5 Å². The van der Waals surface area contributed by atoms with E-state index in [2.05, 4.69) is 30.9 Å². The van der Waals surface area contributed by atoms with Crippen LogP contribution in [0.15, 0.2) is 60.4 Å². The van der Waals surface area contributed by atoms with Gasteiger partial charge in [0.15, 0.2) is 0 Å². The number of methoxy groups -OCH3 is 1. The number of nitrogens with zero attached hydrogens (tertiary/aromatic N) is 1. The minimum Gasteiger partial charge on any atom is -0.496 e. The van der Waals surface area contributed by atoms with Crippen molar-refractivity contribution in [3.05, 3.63) is 88.4 Å². The topological polar surface area (TPSA) is 56.9 Å². The number of halogens is 1. The van der Waals surface area contributed by atoms with Crippen LogP contribution in [-0.4, -0.2) is 12.8 Å². The highest BCUT2D eigenvalue weighted by molar-refractivity contribution is 6.08. The van der Waals surface area contributed by atoms with Gasteiger partial charge in [-0.1, -0.05) is 37.6 Å². The van der Waals surface area contributed by atoms with Crippen LogP contribution >= 0.6 is 0 Å². The molecule has 0 aliphatic heterocycles. The first-order valence-electron chi connectivity index (χ1n) is 10.9. The number of ether oxygens (including phenoxy) is 1. The molecule has 1 atom stereocenters. The third-order valence-corrected chi connectivity index (χ3v) is 5.42. The third-order valence-electron chi connectivity index (χ3n) is 5.42. The van der Waals surface area contributed by atoms with Crippen molar-refractivity contribution in [3.8, 4) is 11.8 Å². The Hall–Kier alpha value is -3.41. The van der Waals surface area contributed by atoms with E-state index in [-0.39, 0.29) is 5.71 Å². The average molecular weight is 431 g/mol. The molecule has 0 spiro atoms. The van der Waals surface area contributed by atoms with Gasteiger partial charge in [-0.25, -0.2) is 4.39 Å². The maximum atomic E-state index is 13.4. The van der Waals surface area contributed by atoms with E-state index in [4.69, 9.17) is 15.4 Å². The van der Waals surface area contributed by atoms with E-state index in [1.54, 1.807) is 6.07 Å². The molecular weight excluding hydrogens is 399 g/mol. The maximum Gasteiger partial charge on any atom is 0.128 e. The van der Waals surface area contributed by atoms with Crippen molar-refractivity contribution >= 4 is 11.3 Å². The Kier molecular flexibility index (Phi) is 9.67. The first kappa shape index (κ1) is 24.9. The summed E-state index contributed by atoms with van der Waals surface area (Å²) in [7, 11) is 1.48. The minimum absolute atomic E-state index is 0.0957. The number of nitrogens with one attached hydrogen (secondary N) is 1. The number of rotatable bonds is 4. The second kappa shape index (κ2) is 12.4. The number of hydrogen-bond donors (Lipinski definition) is 1. The van der Waals surface area contributed by atoms with Crippen molar-refractivity contribution in [2.75, 3.05) is 7.11 Å². The SMILES string of the molecule is CC1C=CCCCC1.COc1ccc(F)cc1C(=N)C=C=C(C)c1ccc(C)c(C#N)c1. The molecule has 1 N–H and O–H groups in total. The maximum absolute atomic E-state index is 13.4. The molecule has 0 radical (unpaired) electrons. The lowest BCUT2D eigenvalue weighted by molar-refractivity contribution is 0.413. The van der Waals surface area contributed by atoms with Crippen LogP contribution in [0.25, 0.3) is 5.57 Å². The van der Waals surface area contributed by atoms with E-state index in [0.29, 0.717) is 16.9 Å². The molecule has 0 aromatic heterocycles. The average Bonchev–Trinajstić information content (AvgIpc) is 3.05. The van der Waals surface area contributed by atoms with Gasteiger partial charge in [0.05, 0.1) is 24.5 Å². The highest BCUT2D eigenvalue weighted by atomic mass is 19.1. The molecule has 2 aromatic carbocycles. The molecule has 0 saturated carbocycles. The summed E-state index contributed by atoms with van der Waals surface area (Å²) in [6.07, 6.45) is 11.7. The molecule has 1 aliphatic rings. The number of nitriles is 1. The zero-order chi connectivity index (χ0) is 23.5. The number of aryl methyl sites for hydroxylation is 1. The lowest BCUT2D eigenvalue weighted by Crippen LogP contribution is -1.99. The van der Waals surface area contributed by atoms with Gasteiger partial charge in [-0.15, -0.1) is 5.73 Å². The van der Waals surface area contributed by atoms with Crippen molar-refractivity contribution < 1.29 is 9.13 Å². The van der Waals surface area contributed by atoms with Gasteiger partial charge in [0.25, 0.3) is 0 Å². The van der Waals surface area contributed by atoms with E-state index in [1.807, 2.05) is 26.0 Å². The molecule has 4 heteroatoms. The Balaban J connectivity index is 0.000000380. The predicted molar refractivity (Wildman–Crippen MR) is 130 cm³/mol. The first-order chi connectivity index (χ1) is 15.3. The van der Waals surface area contributed by atoms with Crippen molar-refractivity contribution in [2.24, 2.45) is 5.92 Å². The molecule has 166 valence electrons. The monoisotopic (exact) mass is 430 g/mol. The normalized spacial score (nSPS) is 14.7. The van der Waals surface area contributed by atoms with E-state index < -0.39 is 5.82 Å². The first-order valence-corrected chi connectivity index (χ1v) is 10.9. The van der Waals surface area contributed by atoms with Crippen LogP contribution in [0.3, 0.4) is 0 Å². The molecule has 2 aromatic rings. The Bertz CT molecular complexity index is 1090. The van der Waals surface area contributed by atoms with Gasteiger partial charge in [-0.05, 0) is 80.0 Å². The van der Waals surface area contributed by atoms with E-state index in [1.165, 1.54) is 57.1 Å². The van der Waals surface area contributed by atoms with Gasteiger partial charge < -0.3 is 4.74 Å². The summed E-state index contributed by atoms with van der Waals surface area (Å²) < 4.78 is 18.6. The standard InChI is InChI=1S/C20H17FN2O.C8H14/c1-13(15-6-4-14(2)16(10-15)12-22)5-8-19(23)18-11-17(21)7-9-20(18)24-3;1-8-6-4-2-3-5-7-8/h4,6-11,23H,1-3H3;4,6,8H,2-3,5,7H2,1H3. The number of benzene rings is 2. The molecule has 0 saturated heterocycles. The summed E-state index contributed by atoms with van der Waals surface area (Å²) in [6, 6.07) is 11.8. The molecule has 3 rings (SSSR count). The molecular formula is C28H31FN2O. The second-order valence-corrected chi connectivity index (χ2v) is 8.00. The van der Waals surface area contributed by atoms with Crippen LogP contribution in [-0.2, 0) is 0 Å². The van der Waals surface area contributed by atoms with E-state index in [9.17, 15) is 4.39 Å². The Morgan fingerprint density at radius 2 is 2.00 bits per heavy atom. The largest absolute Gasteiger partial charge is 0.496 e. The fourth-order valence-corrected chi connectivity index (χ4v) is 3.36. The Morgan fingerprint density at radius 1 is 1.22 bits per heavy atom. The molecule has 0 fully saturated rings. The Labute approximate surface area is 191 Å². The summed E-state index contributed by atoms with van der Waals surface area (Å²) in [5, 5.41) is 17.2. The number of hydrogen-bond acceptors (Lipinski definition) is 3. The van der Waals surface area contributed by atoms with Crippen molar-refractivity contribution in [1.82, 2.24) is 0 Å². The summed E-state index contributed by atoms with van der Waals surface area (Å²) in [5.74, 6) is 0.846. The predicted octanol–water partition coefficient (Wildman–Crippen LogP) is 7.39.